The molecule has 0 saturated carbocycles. The first-order chi connectivity index (χ1) is 10.1. The highest BCUT2D eigenvalue weighted by Gasteiger charge is 2.09. The number of nitrogens with zero attached hydrogens (tertiary/aromatic N) is 3. The lowest BCUT2D eigenvalue weighted by atomic mass is 10.1. The Morgan fingerprint density at radius 1 is 1.14 bits per heavy atom. The molecule has 0 fully saturated rings. The Morgan fingerprint density at radius 3 is 2.48 bits per heavy atom. The van der Waals surface area contributed by atoms with Gasteiger partial charge in [0.1, 0.15) is 29.7 Å². The summed E-state index contributed by atoms with van der Waals surface area (Å²) in [4.78, 5) is 13.9. The number of pyridine rings is 1. The lowest BCUT2D eigenvalue weighted by Crippen LogP contribution is -2.07. The van der Waals surface area contributed by atoms with Crippen LogP contribution in [0, 0.1) is 39.8 Å². The molecule has 1 heterocycles. The zero-order chi connectivity index (χ0) is 15.4. The van der Waals surface area contributed by atoms with Gasteiger partial charge >= 0.3 is 0 Å². The van der Waals surface area contributed by atoms with Gasteiger partial charge in [0.05, 0.1) is 5.39 Å². The van der Waals surface area contributed by atoms with Crippen LogP contribution in [0.15, 0.2) is 40.5 Å². The molecule has 0 amide bonds. The summed E-state index contributed by atoms with van der Waals surface area (Å²) < 4.78 is 13.5. The van der Waals surface area contributed by atoms with E-state index >= 15 is 0 Å². The van der Waals surface area contributed by atoms with E-state index in [0.29, 0.717) is 0 Å². The van der Waals surface area contributed by atoms with Gasteiger partial charge in [0, 0.05) is 17.3 Å². The van der Waals surface area contributed by atoms with Crippen LogP contribution < -0.4 is 10.9 Å². The summed E-state index contributed by atoms with van der Waals surface area (Å²) in [6, 6.07) is 9.01. The molecule has 0 aliphatic carbocycles. The standard InChI is InChI=1S/C14H6FN5O/c15-12-7-19-14(21)11-3-9(1-2-10(11)12)20-13(6-18)8(4-16)5-17/h1-3,7,20H,(H,19,21). The molecule has 0 aliphatic heterocycles. The van der Waals surface area contributed by atoms with Crippen LogP contribution in [0.2, 0.25) is 0 Å². The van der Waals surface area contributed by atoms with Crippen LogP contribution >= 0.6 is 0 Å². The van der Waals surface area contributed by atoms with Crippen LogP contribution in [0.5, 0.6) is 0 Å². The molecule has 21 heavy (non-hydrogen) atoms. The van der Waals surface area contributed by atoms with Gasteiger partial charge in [-0.05, 0) is 18.2 Å². The normalized spacial score (nSPS) is 9.24. The van der Waals surface area contributed by atoms with Crippen molar-refractivity contribution in [3.8, 4) is 18.2 Å². The lowest BCUT2D eigenvalue weighted by molar-refractivity contribution is 0.633. The average Bonchev–Trinajstić information content (AvgIpc) is 2.51. The molecule has 1 aromatic carbocycles. The van der Waals surface area contributed by atoms with Gasteiger partial charge in [0.15, 0.2) is 5.57 Å². The number of halogens is 1. The van der Waals surface area contributed by atoms with Gasteiger partial charge in [-0.3, -0.25) is 4.79 Å². The van der Waals surface area contributed by atoms with Gasteiger partial charge in [0.25, 0.3) is 5.56 Å². The molecule has 7 heteroatoms. The Kier molecular flexibility index (Phi) is 3.65. The minimum atomic E-state index is -0.582. The van der Waals surface area contributed by atoms with Crippen LogP contribution in [-0.2, 0) is 0 Å². The highest BCUT2D eigenvalue weighted by Crippen LogP contribution is 2.20. The van der Waals surface area contributed by atoms with Crippen molar-refractivity contribution in [1.29, 1.82) is 15.8 Å². The van der Waals surface area contributed by atoms with E-state index in [-0.39, 0.29) is 27.7 Å². The summed E-state index contributed by atoms with van der Waals surface area (Å²) in [5, 5.41) is 29.2. The van der Waals surface area contributed by atoms with E-state index in [1.54, 1.807) is 18.2 Å². The monoisotopic (exact) mass is 279 g/mol. The number of allylic oxidation sites excluding steroid dienone is 2. The fourth-order valence-electron chi connectivity index (χ4n) is 1.73. The van der Waals surface area contributed by atoms with Crippen molar-refractivity contribution in [3.05, 3.63) is 51.8 Å². The first-order valence-electron chi connectivity index (χ1n) is 5.63. The van der Waals surface area contributed by atoms with Crippen molar-refractivity contribution in [2.24, 2.45) is 0 Å². The van der Waals surface area contributed by atoms with Crippen molar-refractivity contribution >= 4 is 16.5 Å². The van der Waals surface area contributed by atoms with E-state index in [9.17, 15) is 9.18 Å². The first-order valence-corrected chi connectivity index (χ1v) is 5.63. The van der Waals surface area contributed by atoms with Crippen molar-refractivity contribution in [3.63, 3.8) is 0 Å². The van der Waals surface area contributed by atoms with Gasteiger partial charge in [-0.2, -0.15) is 15.8 Å². The molecule has 0 spiro atoms. The maximum atomic E-state index is 13.5. The second-order valence-corrected chi connectivity index (χ2v) is 3.94. The fourth-order valence-corrected chi connectivity index (χ4v) is 1.73. The number of aromatic nitrogens is 1. The second kappa shape index (κ2) is 5.56. The quantitative estimate of drug-likeness (QED) is 0.814. The Hall–Kier alpha value is -3.63. The van der Waals surface area contributed by atoms with Crippen molar-refractivity contribution < 1.29 is 4.39 Å². The summed E-state index contributed by atoms with van der Waals surface area (Å²) in [6.07, 6.45) is 0.960. The summed E-state index contributed by atoms with van der Waals surface area (Å²) >= 11 is 0. The maximum Gasteiger partial charge on any atom is 0.256 e. The predicted octanol–water partition coefficient (Wildman–Crippen LogP) is 1.90. The lowest BCUT2D eigenvalue weighted by Gasteiger charge is -2.06. The number of nitriles is 3. The Morgan fingerprint density at radius 2 is 1.86 bits per heavy atom. The fraction of sp³-hybridized carbons (Fsp3) is 0. The maximum absolute atomic E-state index is 13.5. The zero-order valence-corrected chi connectivity index (χ0v) is 10.4. The van der Waals surface area contributed by atoms with Gasteiger partial charge in [-0.1, -0.05) is 0 Å². The molecule has 6 nitrogen and oxygen atoms in total. The summed E-state index contributed by atoms with van der Waals surface area (Å²) in [5.41, 5.74) is -0.825. The van der Waals surface area contributed by atoms with Gasteiger partial charge in [-0.15, -0.1) is 0 Å². The molecule has 2 aromatic rings. The van der Waals surface area contributed by atoms with Crippen molar-refractivity contribution in [2.75, 3.05) is 5.32 Å². The summed E-state index contributed by atoms with van der Waals surface area (Å²) in [5.74, 6) is -0.582. The van der Waals surface area contributed by atoms with E-state index in [1.807, 2.05) is 0 Å². The number of rotatable bonds is 2. The molecular weight excluding hydrogens is 273 g/mol. The van der Waals surface area contributed by atoms with Gasteiger partial charge in [0.2, 0.25) is 0 Å². The van der Waals surface area contributed by atoms with Crippen LogP contribution in [-0.4, -0.2) is 4.98 Å². The number of hydrogen-bond donors (Lipinski definition) is 2. The van der Waals surface area contributed by atoms with E-state index in [4.69, 9.17) is 15.8 Å². The molecule has 0 radical (unpaired) electrons. The Labute approximate surface area is 118 Å². The largest absolute Gasteiger partial charge is 0.345 e. The second-order valence-electron chi connectivity index (χ2n) is 3.94. The number of anilines is 1. The Bertz CT molecular complexity index is 921. The molecule has 100 valence electrons. The highest BCUT2D eigenvalue weighted by atomic mass is 19.1. The van der Waals surface area contributed by atoms with E-state index < -0.39 is 11.4 Å². The van der Waals surface area contributed by atoms with E-state index in [0.717, 1.165) is 6.20 Å². The zero-order valence-electron chi connectivity index (χ0n) is 10.4. The topological polar surface area (TPSA) is 116 Å². The van der Waals surface area contributed by atoms with E-state index in [1.165, 1.54) is 18.2 Å². The number of fused-ring (bicyclic) bond motifs is 1. The third kappa shape index (κ3) is 2.56. The molecule has 0 atom stereocenters. The first kappa shape index (κ1) is 13.8. The van der Waals surface area contributed by atoms with Crippen LogP contribution in [0.1, 0.15) is 0 Å². The van der Waals surface area contributed by atoms with Crippen LogP contribution in [0.25, 0.3) is 10.8 Å². The van der Waals surface area contributed by atoms with Crippen molar-refractivity contribution in [2.45, 2.75) is 0 Å². The number of aromatic amines is 1. The van der Waals surface area contributed by atoms with E-state index in [2.05, 4.69) is 10.3 Å². The third-order valence-electron chi connectivity index (χ3n) is 2.71. The average molecular weight is 279 g/mol. The molecular formula is C14H6FN5O. The summed E-state index contributed by atoms with van der Waals surface area (Å²) in [7, 11) is 0. The van der Waals surface area contributed by atoms with Gasteiger partial charge < -0.3 is 10.3 Å². The van der Waals surface area contributed by atoms with Crippen LogP contribution in [0.4, 0.5) is 10.1 Å². The predicted molar refractivity (Wildman–Crippen MR) is 72.0 cm³/mol. The minimum Gasteiger partial charge on any atom is -0.345 e. The molecule has 2 N–H and O–H groups in total. The number of H-pyrrole nitrogens is 1. The molecule has 1 aromatic heterocycles. The number of hydrogen-bond acceptors (Lipinski definition) is 5. The molecule has 0 saturated heterocycles. The third-order valence-corrected chi connectivity index (χ3v) is 2.71. The Balaban J connectivity index is 2.56. The number of nitrogens with one attached hydrogen (secondary N) is 2. The molecule has 0 bridgehead atoms. The smallest absolute Gasteiger partial charge is 0.256 e. The minimum absolute atomic E-state index is 0.0905. The molecule has 0 aliphatic rings. The molecule has 2 rings (SSSR count). The number of benzene rings is 1. The van der Waals surface area contributed by atoms with Gasteiger partial charge in [-0.25, -0.2) is 4.39 Å². The highest BCUT2D eigenvalue weighted by molar-refractivity contribution is 5.85. The SMILES string of the molecule is N#CC(C#N)=C(C#N)Nc1ccc2c(F)c[nH]c(=O)c2c1. The molecule has 0 unspecified atom stereocenters. The summed E-state index contributed by atoms with van der Waals surface area (Å²) in [6.45, 7) is 0. The van der Waals surface area contributed by atoms with Crippen molar-refractivity contribution in [1.82, 2.24) is 4.98 Å². The van der Waals surface area contributed by atoms with Crippen LogP contribution in [0.3, 0.4) is 0 Å².